The van der Waals surface area contributed by atoms with Gasteiger partial charge in [-0.25, -0.2) is 4.98 Å². The first-order valence-corrected chi connectivity index (χ1v) is 9.59. The van der Waals surface area contributed by atoms with Gasteiger partial charge in [0.05, 0.1) is 0 Å². The Labute approximate surface area is 162 Å². The molecule has 4 aromatic rings. The minimum atomic E-state index is 0.685. The van der Waals surface area contributed by atoms with Crippen molar-refractivity contribution in [3.63, 3.8) is 0 Å². The van der Waals surface area contributed by atoms with E-state index in [1.54, 1.807) is 11.8 Å². The van der Waals surface area contributed by atoms with Gasteiger partial charge in [-0.2, -0.15) is 0 Å². The van der Waals surface area contributed by atoms with Crippen molar-refractivity contribution in [3.8, 4) is 0 Å². The molecular formula is C22H20N4S. The molecule has 0 amide bonds. The van der Waals surface area contributed by atoms with E-state index in [0.717, 1.165) is 27.0 Å². The van der Waals surface area contributed by atoms with Gasteiger partial charge in [-0.05, 0) is 31.2 Å². The molecule has 4 nitrogen and oxygen atoms in total. The number of hydrogen-bond acceptors (Lipinski definition) is 4. The van der Waals surface area contributed by atoms with Gasteiger partial charge in [0.25, 0.3) is 0 Å². The monoisotopic (exact) mass is 372 g/mol. The van der Waals surface area contributed by atoms with Crippen LogP contribution >= 0.6 is 11.8 Å². The Morgan fingerprint density at radius 1 is 1.19 bits per heavy atom. The van der Waals surface area contributed by atoms with Crippen LogP contribution in [0.15, 0.2) is 78.7 Å². The predicted octanol–water partition coefficient (Wildman–Crippen LogP) is 5.83. The second-order valence-electron chi connectivity index (χ2n) is 6.15. The standard InChI is InChI=1S/C22H20N4S/c1-3-21(18-8-11-24-22-19(18)9-12-25-22)27-15(2)13-26-20-6-4-5-16-14-23-10-7-17(16)20/h3-12,14,26H,2,13H2,1H3,(H,24,25)/b21-3-. The molecule has 27 heavy (non-hydrogen) atoms. The summed E-state index contributed by atoms with van der Waals surface area (Å²) in [6, 6.07) is 12.3. The van der Waals surface area contributed by atoms with E-state index in [0.29, 0.717) is 6.54 Å². The van der Waals surface area contributed by atoms with Gasteiger partial charge in [0, 0.05) is 68.6 Å². The van der Waals surface area contributed by atoms with Gasteiger partial charge >= 0.3 is 0 Å². The number of nitrogens with one attached hydrogen (secondary N) is 2. The molecule has 2 N–H and O–H groups in total. The average molecular weight is 372 g/mol. The highest BCUT2D eigenvalue weighted by Crippen LogP contribution is 2.36. The summed E-state index contributed by atoms with van der Waals surface area (Å²) in [6.45, 7) is 7.00. The van der Waals surface area contributed by atoms with E-state index in [1.165, 1.54) is 15.9 Å². The van der Waals surface area contributed by atoms with Gasteiger partial charge in [-0.15, -0.1) is 0 Å². The number of H-pyrrole nitrogens is 1. The van der Waals surface area contributed by atoms with Crippen LogP contribution in [0, 0.1) is 0 Å². The van der Waals surface area contributed by atoms with Crippen LogP contribution in [0.25, 0.3) is 26.7 Å². The van der Waals surface area contributed by atoms with Crippen LogP contribution in [-0.4, -0.2) is 21.5 Å². The Kier molecular flexibility index (Phi) is 4.94. The highest BCUT2D eigenvalue weighted by Gasteiger charge is 2.10. The van der Waals surface area contributed by atoms with Crippen LogP contribution < -0.4 is 5.32 Å². The van der Waals surface area contributed by atoms with Crippen LogP contribution in [0.5, 0.6) is 0 Å². The van der Waals surface area contributed by atoms with Crippen molar-refractivity contribution < 1.29 is 0 Å². The van der Waals surface area contributed by atoms with Gasteiger partial charge in [0.2, 0.25) is 0 Å². The second-order valence-corrected chi connectivity index (χ2v) is 7.37. The molecule has 4 rings (SSSR count). The van der Waals surface area contributed by atoms with E-state index in [2.05, 4.69) is 64.1 Å². The highest BCUT2D eigenvalue weighted by atomic mass is 32.2. The van der Waals surface area contributed by atoms with Gasteiger partial charge in [-0.1, -0.05) is 36.5 Å². The number of nitrogens with zero attached hydrogens (tertiary/aromatic N) is 2. The molecule has 0 atom stereocenters. The Bertz CT molecular complexity index is 1140. The molecule has 0 aliphatic carbocycles. The fraction of sp³-hybridized carbons (Fsp3) is 0.0909. The maximum Gasteiger partial charge on any atom is 0.137 e. The number of thioether (sulfide) groups is 1. The number of rotatable bonds is 6. The molecule has 0 radical (unpaired) electrons. The summed E-state index contributed by atoms with van der Waals surface area (Å²) in [6.07, 6.45) is 9.59. The third-order valence-corrected chi connectivity index (χ3v) is 5.51. The van der Waals surface area contributed by atoms with Gasteiger partial charge < -0.3 is 10.3 Å². The Morgan fingerprint density at radius 3 is 3.00 bits per heavy atom. The number of anilines is 1. The van der Waals surface area contributed by atoms with Crippen molar-refractivity contribution in [1.82, 2.24) is 15.0 Å². The van der Waals surface area contributed by atoms with Crippen LogP contribution in [0.4, 0.5) is 5.69 Å². The van der Waals surface area contributed by atoms with Crippen molar-refractivity contribution >= 4 is 44.2 Å². The van der Waals surface area contributed by atoms with Gasteiger partial charge in [-0.3, -0.25) is 4.98 Å². The molecule has 3 aromatic heterocycles. The van der Waals surface area contributed by atoms with Crippen LogP contribution in [0.1, 0.15) is 12.5 Å². The minimum absolute atomic E-state index is 0.685. The topological polar surface area (TPSA) is 53.6 Å². The molecule has 134 valence electrons. The van der Waals surface area contributed by atoms with Crippen molar-refractivity contribution in [3.05, 3.63) is 84.3 Å². The summed E-state index contributed by atoms with van der Waals surface area (Å²) >= 11 is 1.69. The third kappa shape index (κ3) is 3.59. The largest absolute Gasteiger partial charge is 0.380 e. The summed E-state index contributed by atoms with van der Waals surface area (Å²) in [5, 5.41) is 6.92. The van der Waals surface area contributed by atoms with Crippen molar-refractivity contribution in [2.45, 2.75) is 6.92 Å². The lowest BCUT2D eigenvalue weighted by Crippen LogP contribution is -2.03. The summed E-state index contributed by atoms with van der Waals surface area (Å²) in [4.78, 5) is 14.0. The van der Waals surface area contributed by atoms with Crippen molar-refractivity contribution in [1.29, 1.82) is 0 Å². The van der Waals surface area contributed by atoms with E-state index in [4.69, 9.17) is 0 Å². The Morgan fingerprint density at radius 2 is 2.11 bits per heavy atom. The zero-order chi connectivity index (χ0) is 18.6. The van der Waals surface area contributed by atoms with Crippen LogP contribution in [-0.2, 0) is 0 Å². The molecule has 0 aliphatic heterocycles. The van der Waals surface area contributed by atoms with Crippen LogP contribution in [0.2, 0.25) is 0 Å². The molecule has 3 heterocycles. The number of allylic oxidation sites excluding steroid dienone is 1. The Hall–Kier alpha value is -3.05. The SMILES string of the molecule is C=C(CNc1cccc2cnccc12)S/C(=C\C)c1ccnc2[nH]ccc12. The second kappa shape index (κ2) is 7.68. The molecule has 5 heteroatoms. The number of pyridine rings is 2. The number of aromatic nitrogens is 3. The summed E-state index contributed by atoms with van der Waals surface area (Å²) in [5.41, 5.74) is 3.17. The molecule has 0 spiro atoms. The molecule has 1 aromatic carbocycles. The third-order valence-electron chi connectivity index (χ3n) is 4.40. The first-order chi connectivity index (χ1) is 13.3. The normalized spacial score (nSPS) is 11.8. The quantitative estimate of drug-likeness (QED) is 0.447. The zero-order valence-electron chi connectivity index (χ0n) is 15.1. The maximum absolute atomic E-state index is 4.37. The number of aromatic amines is 1. The predicted molar refractivity (Wildman–Crippen MR) is 117 cm³/mol. The average Bonchev–Trinajstić information content (AvgIpc) is 3.19. The van der Waals surface area contributed by atoms with E-state index in [1.807, 2.05) is 36.9 Å². The zero-order valence-corrected chi connectivity index (χ0v) is 15.9. The van der Waals surface area contributed by atoms with Crippen molar-refractivity contribution in [2.75, 3.05) is 11.9 Å². The van der Waals surface area contributed by atoms with E-state index in [9.17, 15) is 0 Å². The molecule has 0 bridgehead atoms. The molecule has 0 saturated heterocycles. The lowest BCUT2D eigenvalue weighted by atomic mass is 10.1. The Balaban J connectivity index is 1.49. The van der Waals surface area contributed by atoms with E-state index in [-0.39, 0.29) is 0 Å². The molecular weight excluding hydrogens is 352 g/mol. The maximum atomic E-state index is 4.37. The number of benzene rings is 1. The lowest BCUT2D eigenvalue weighted by molar-refractivity contribution is 1.32. The smallest absolute Gasteiger partial charge is 0.137 e. The first-order valence-electron chi connectivity index (χ1n) is 8.77. The molecule has 0 saturated carbocycles. The van der Waals surface area contributed by atoms with Crippen molar-refractivity contribution in [2.24, 2.45) is 0 Å². The highest BCUT2D eigenvalue weighted by molar-refractivity contribution is 8.11. The van der Waals surface area contributed by atoms with E-state index >= 15 is 0 Å². The van der Waals surface area contributed by atoms with Crippen LogP contribution in [0.3, 0.4) is 0 Å². The number of hydrogen-bond donors (Lipinski definition) is 2. The fourth-order valence-corrected chi connectivity index (χ4v) is 3.97. The first kappa shape index (κ1) is 17.4. The summed E-state index contributed by atoms with van der Waals surface area (Å²) < 4.78 is 0. The molecule has 0 fully saturated rings. The summed E-state index contributed by atoms with van der Waals surface area (Å²) in [7, 11) is 0. The number of fused-ring (bicyclic) bond motifs is 2. The lowest BCUT2D eigenvalue weighted by Gasteiger charge is -2.13. The molecule has 0 aliphatic rings. The summed E-state index contributed by atoms with van der Waals surface area (Å²) in [5.74, 6) is 0. The fourth-order valence-electron chi connectivity index (χ4n) is 3.11. The van der Waals surface area contributed by atoms with Gasteiger partial charge in [0.1, 0.15) is 5.65 Å². The van der Waals surface area contributed by atoms with E-state index < -0.39 is 0 Å². The van der Waals surface area contributed by atoms with Gasteiger partial charge in [0.15, 0.2) is 0 Å². The minimum Gasteiger partial charge on any atom is -0.380 e. The molecule has 0 unspecified atom stereocenters.